The Labute approximate surface area is 128 Å². The topological polar surface area (TPSA) is 50.3 Å². The number of aromatic nitrogens is 2. The average molecular weight is 292 g/mol. The van der Waals surface area contributed by atoms with Crippen LogP contribution in [0.15, 0.2) is 12.3 Å². The summed E-state index contributed by atoms with van der Waals surface area (Å²) in [6.45, 7) is 10.4. The second kappa shape index (κ2) is 8.17. The van der Waals surface area contributed by atoms with Gasteiger partial charge in [0.1, 0.15) is 0 Å². The van der Waals surface area contributed by atoms with E-state index in [0.717, 1.165) is 37.9 Å². The van der Waals surface area contributed by atoms with Gasteiger partial charge in [0.05, 0.1) is 6.61 Å². The minimum Gasteiger partial charge on any atom is -0.478 e. The van der Waals surface area contributed by atoms with Gasteiger partial charge in [-0.1, -0.05) is 20.8 Å². The van der Waals surface area contributed by atoms with Crippen molar-refractivity contribution in [3.05, 3.63) is 12.3 Å². The molecule has 1 aromatic heterocycles. The monoisotopic (exact) mass is 292 g/mol. The fourth-order valence-electron chi connectivity index (χ4n) is 2.51. The molecule has 0 spiro atoms. The van der Waals surface area contributed by atoms with Crippen LogP contribution < -0.4 is 15.0 Å². The smallest absolute Gasteiger partial charge is 0.228 e. The maximum Gasteiger partial charge on any atom is 0.228 e. The van der Waals surface area contributed by atoms with Crippen LogP contribution in [0.2, 0.25) is 0 Å². The Morgan fingerprint density at radius 3 is 2.81 bits per heavy atom. The van der Waals surface area contributed by atoms with Gasteiger partial charge in [-0.05, 0) is 31.7 Å². The number of nitrogens with zero attached hydrogens (tertiary/aromatic N) is 3. The summed E-state index contributed by atoms with van der Waals surface area (Å²) in [6.07, 6.45) is 5.18. The molecular weight excluding hydrogens is 264 g/mol. The SMILES string of the molecule is CCCOc1ccnc(N2CCC(CNC(C)C)CC2)n1. The van der Waals surface area contributed by atoms with E-state index >= 15 is 0 Å². The van der Waals surface area contributed by atoms with Crippen molar-refractivity contribution in [2.75, 3.05) is 31.1 Å². The Morgan fingerprint density at radius 1 is 1.38 bits per heavy atom. The summed E-state index contributed by atoms with van der Waals surface area (Å²) in [5.74, 6) is 2.26. The molecule has 0 saturated carbocycles. The predicted octanol–water partition coefficient (Wildman–Crippen LogP) is 2.48. The van der Waals surface area contributed by atoms with Gasteiger partial charge in [0, 0.05) is 31.4 Å². The van der Waals surface area contributed by atoms with E-state index in [2.05, 4.69) is 41.0 Å². The lowest BCUT2D eigenvalue weighted by Crippen LogP contribution is -2.39. The highest BCUT2D eigenvalue weighted by atomic mass is 16.5. The second-order valence-corrected chi connectivity index (χ2v) is 6.04. The van der Waals surface area contributed by atoms with Gasteiger partial charge in [-0.3, -0.25) is 0 Å². The molecule has 0 bridgehead atoms. The van der Waals surface area contributed by atoms with E-state index in [0.29, 0.717) is 18.5 Å². The van der Waals surface area contributed by atoms with Crippen LogP contribution >= 0.6 is 0 Å². The first-order valence-electron chi connectivity index (χ1n) is 8.13. The van der Waals surface area contributed by atoms with Gasteiger partial charge in [0.15, 0.2) is 0 Å². The van der Waals surface area contributed by atoms with Crippen molar-refractivity contribution in [2.45, 2.75) is 46.1 Å². The number of rotatable bonds is 7. The Kier molecular flexibility index (Phi) is 6.23. The lowest BCUT2D eigenvalue weighted by atomic mass is 9.97. The van der Waals surface area contributed by atoms with Crippen LogP contribution in [0.1, 0.15) is 40.0 Å². The van der Waals surface area contributed by atoms with Crippen LogP contribution in [0.3, 0.4) is 0 Å². The summed E-state index contributed by atoms with van der Waals surface area (Å²) in [4.78, 5) is 11.2. The number of hydrogen-bond acceptors (Lipinski definition) is 5. The molecule has 118 valence electrons. The van der Waals surface area contributed by atoms with E-state index in [1.54, 1.807) is 6.20 Å². The largest absolute Gasteiger partial charge is 0.478 e. The Hall–Kier alpha value is -1.36. The molecule has 0 amide bonds. The van der Waals surface area contributed by atoms with Crippen molar-refractivity contribution in [1.82, 2.24) is 15.3 Å². The highest BCUT2D eigenvalue weighted by Crippen LogP contribution is 2.21. The molecule has 2 rings (SSSR count). The number of piperidine rings is 1. The first-order valence-corrected chi connectivity index (χ1v) is 8.13. The molecule has 1 aliphatic rings. The zero-order valence-electron chi connectivity index (χ0n) is 13.5. The fourth-order valence-corrected chi connectivity index (χ4v) is 2.51. The molecule has 2 heterocycles. The molecule has 0 aromatic carbocycles. The number of nitrogens with one attached hydrogen (secondary N) is 1. The van der Waals surface area contributed by atoms with Crippen LogP contribution in [0.4, 0.5) is 5.95 Å². The third kappa shape index (κ3) is 5.16. The molecule has 1 aliphatic heterocycles. The third-order valence-corrected chi connectivity index (χ3v) is 3.78. The number of ether oxygens (including phenoxy) is 1. The molecule has 1 saturated heterocycles. The molecule has 1 fully saturated rings. The second-order valence-electron chi connectivity index (χ2n) is 6.04. The standard InChI is InChI=1S/C16H28N4O/c1-4-11-21-15-5-8-17-16(19-15)20-9-6-14(7-10-20)12-18-13(2)3/h5,8,13-14,18H,4,6-7,9-12H2,1-3H3. The highest BCUT2D eigenvalue weighted by Gasteiger charge is 2.21. The maximum atomic E-state index is 5.58. The van der Waals surface area contributed by atoms with Crippen molar-refractivity contribution in [1.29, 1.82) is 0 Å². The van der Waals surface area contributed by atoms with Gasteiger partial charge in [0.2, 0.25) is 11.8 Å². The van der Waals surface area contributed by atoms with Gasteiger partial charge >= 0.3 is 0 Å². The number of anilines is 1. The predicted molar refractivity (Wildman–Crippen MR) is 85.9 cm³/mol. The van der Waals surface area contributed by atoms with Crippen LogP contribution in [0, 0.1) is 5.92 Å². The van der Waals surface area contributed by atoms with Crippen molar-refractivity contribution in [3.63, 3.8) is 0 Å². The molecule has 5 nitrogen and oxygen atoms in total. The first kappa shape index (κ1) is 16.0. The summed E-state index contributed by atoms with van der Waals surface area (Å²) in [6, 6.07) is 2.40. The minimum atomic E-state index is 0.568. The Morgan fingerprint density at radius 2 is 2.14 bits per heavy atom. The molecule has 0 radical (unpaired) electrons. The quantitative estimate of drug-likeness (QED) is 0.836. The summed E-state index contributed by atoms with van der Waals surface area (Å²) in [7, 11) is 0. The average Bonchev–Trinajstić information content (AvgIpc) is 2.51. The molecule has 0 atom stereocenters. The first-order chi connectivity index (χ1) is 10.2. The van der Waals surface area contributed by atoms with Crippen LogP contribution in [-0.2, 0) is 0 Å². The van der Waals surface area contributed by atoms with Gasteiger partial charge in [-0.25, -0.2) is 4.98 Å². The lowest BCUT2D eigenvalue weighted by Gasteiger charge is -2.32. The van der Waals surface area contributed by atoms with Gasteiger partial charge < -0.3 is 15.0 Å². The minimum absolute atomic E-state index is 0.568. The third-order valence-electron chi connectivity index (χ3n) is 3.78. The summed E-state index contributed by atoms with van der Waals surface area (Å²) < 4.78 is 5.58. The number of hydrogen-bond donors (Lipinski definition) is 1. The molecular formula is C16H28N4O. The Balaban J connectivity index is 1.84. The van der Waals surface area contributed by atoms with Gasteiger partial charge in [-0.2, -0.15) is 4.98 Å². The van der Waals surface area contributed by atoms with Gasteiger partial charge in [0.25, 0.3) is 0 Å². The van der Waals surface area contributed by atoms with Gasteiger partial charge in [-0.15, -0.1) is 0 Å². The van der Waals surface area contributed by atoms with Crippen LogP contribution in [0.5, 0.6) is 5.88 Å². The molecule has 21 heavy (non-hydrogen) atoms. The molecule has 0 aliphatic carbocycles. The van der Waals surface area contributed by atoms with Crippen LogP contribution in [-0.4, -0.2) is 42.3 Å². The van der Waals surface area contributed by atoms with Crippen molar-refractivity contribution >= 4 is 5.95 Å². The van der Waals surface area contributed by atoms with Crippen molar-refractivity contribution in [2.24, 2.45) is 5.92 Å². The summed E-state index contributed by atoms with van der Waals surface area (Å²) >= 11 is 0. The summed E-state index contributed by atoms with van der Waals surface area (Å²) in [5, 5.41) is 3.53. The van der Waals surface area contributed by atoms with E-state index in [1.807, 2.05) is 6.07 Å². The fraction of sp³-hybridized carbons (Fsp3) is 0.750. The molecule has 5 heteroatoms. The van der Waals surface area contributed by atoms with E-state index in [1.165, 1.54) is 12.8 Å². The van der Waals surface area contributed by atoms with E-state index in [-0.39, 0.29) is 0 Å². The molecule has 1 N–H and O–H groups in total. The zero-order valence-corrected chi connectivity index (χ0v) is 13.5. The molecule has 0 unspecified atom stereocenters. The van der Waals surface area contributed by atoms with Crippen molar-refractivity contribution in [3.8, 4) is 5.88 Å². The lowest BCUT2D eigenvalue weighted by molar-refractivity contribution is 0.304. The Bertz CT molecular complexity index is 416. The van der Waals surface area contributed by atoms with E-state index < -0.39 is 0 Å². The maximum absolute atomic E-state index is 5.58. The van der Waals surface area contributed by atoms with Crippen molar-refractivity contribution < 1.29 is 4.74 Å². The van der Waals surface area contributed by atoms with E-state index in [9.17, 15) is 0 Å². The zero-order chi connectivity index (χ0) is 15.1. The van der Waals surface area contributed by atoms with Crippen LogP contribution in [0.25, 0.3) is 0 Å². The van der Waals surface area contributed by atoms with E-state index in [4.69, 9.17) is 4.74 Å². The molecule has 1 aromatic rings. The summed E-state index contributed by atoms with van der Waals surface area (Å²) in [5.41, 5.74) is 0. The highest BCUT2D eigenvalue weighted by molar-refractivity contribution is 5.32. The normalized spacial score (nSPS) is 16.5.